The maximum Gasteiger partial charge on any atom is 0.242 e. The van der Waals surface area contributed by atoms with Gasteiger partial charge in [0.15, 0.2) is 6.20 Å². The minimum Gasteiger partial charge on any atom is -0.618 e. The lowest BCUT2D eigenvalue weighted by Crippen LogP contribution is -2.29. The maximum atomic E-state index is 11.7. The Morgan fingerprint density at radius 3 is 2.31 bits per heavy atom. The van der Waals surface area contributed by atoms with Crippen molar-refractivity contribution in [2.75, 3.05) is 0 Å². The Bertz CT molecular complexity index is 512. The van der Waals surface area contributed by atoms with Gasteiger partial charge in [-0.05, 0) is 31.9 Å². The molecule has 0 aliphatic rings. The summed E-state index contributed by atoms with van der Waals surface area (Å²) in [6.07, 6.45) is 4.53. The highest BCUT2D eigenvalue weighted by atomic mass is 16.5. The van der Waals surface area contributed by atoms with Gasteiger partial charge in [0.25, 0.3) is 0 Å². The topological polar surface area (TPSA) is 39.8 Å². The molecule has 0 atom stereocenters. The molecule has 2 rings (SSSR count). The van der Waals surface area contributed by atoms with Gasteiger partial charge in [0.2, 0.25) is 5.69 Å². The predicted octanol–water partition coefficient (Wildman–Crippen LogP) is 2.31. The van der Waals surface area contributed by atoms with E-state index in [-0.39, 0.29) is 0 Å². The molecule has 1 aromatic heterocycles. The molecule has 3 heteroatoms. The van der Waals surface area contributed by atoms with Crippen molar-refractivity contribution >= 4 is 0 Å². The highest BCUT2D eigenvalue weighted by Crippen LogP contribution is 2.25. The van der Waals surface area contributed by atoms with E-state index < -0.39 is 0 Å². The van der Waals surface area contributed by atoms with Crippen molar-refractivity contribution in [3.8, 4) is 11.3 Å². The lowest BCUT2D eigenvalue weighted by Gasteiger charge is -2.10. The smallest absolute Gasteiger partial charge is 0.242 e. The van der Waals surface area contributed by atoms with Crippen molar-refractivity contribution < 1.29 is 4.73 Å². The van der Waals surface area contributed by atoms with Crippen LogP contribution in [0.25, 0.3) is 11.3 Å². The van der Waals surface area contributed by atoms with Crippen LogP contribution >= 0.6 is 0 Å². The molecule has 82 valence electrons. The molecule has 0 fully saturated rings. The summed E-state index contributed by atoms with van der Waals surface area (Å²) < 4.78 is 0.859. The summed E-state index contributed by atoms with van der Waals surface area (Å²) >= 11 is 0. The van der Waals surface area contributed by atoms with Crippen LogP contribution in [0.1, 0.15) is 16.7 Å². The zero-order valence-corrected chi connectivity index (χ0v) is 9.69. The Hall–Kier alpha value is -1.90. The fraction of sp³-hybridized carbons (Fsp3) is 0.231. The summed E-state index contributed by atoms with van der Waals surface area (Å²) in [5, 5.41) is 11.7. The number of hydrogen-bond donors (Lipinski definition) is 0. The fourth-order valence-electron chi connectivity index (χ4n) is 2.11. The first-order chi connectivity index (χ1) is 7.59. The van der Waals surface area contributed by atoms with Crippen molar-refractivity contribution in [1.29, 1.82) is 0 Å². The second kappa shape index (κ2) is 3.93. The minimum atomic E-state index is 0.609. The molecule has 0 aliphatic heterocycles. The van der Waals surface area contributed by atoms with Gasteiger partial charge in [0.05, 0.1) is 11.8 Å². The minimum absolute atomic E-state index is 0.609. The fourth-order valence-corrected chi connectivity index (χ4v) is 2.11. The molecule has 0 radical (unpaired) electrons. The molecule has 3 nitrogen and oxygen atoms in total. The number of benzene rings is 1. The van der Waals surface area contributed by atoms with Crippen LogP contribution < -0.4 is 4.73 Å². The van der Waals surface area contributed by atoms with Crippen molar-refractivity contribution in [3.05, 3.63) is 52.6 Å². The third kappa shape index (κ3) is 1.76. The summed E-state index contributed by atoms with van der Waals surface area (Å²) in [5.74, 6) is 0. The van der Waals surface area contributed by atoms with Gasteiger partial charge < -0.3 is 5.21 Å². The van der Waals surface area contributed by atoms with Crippen LogP contribution in [-0.4, -0.2) is 4.98 Å². The second-order valence-corrected chi connectivity index (χ2v) is 4.06. The molecule has 0 spiro atoms. The molecule has 16 heavy (non-hydrogen) atoms. The van der Waals surface area contributed by atoms with Crippen LogP contribution in [0, 0.1) is 26.0 Å². The van der Waals surface area contributed by atoms with Gasteiger partial charge in [-0.15, -0.1) is 0 Å². The van der Waals surface area contributed by atoms with Crippen molar-refractivity contribution in [2.45, 2.75) is 20.8 Å². The van der Waals surface area contributed by atoms with E-state index in [9.17, 15) is 5.21 Å². The molecular weight excluding hydrogens is 200 g/mol. The number of nitrogens with zero attached hydrogens (tertiary/aromatic N) is 2. The van der Waals surface area contributed by atoms with Crippen LogP contribution in [0.5, 0.6) is 0 Å². The standard InChI is InChI=1S/C13H14N2O/c1-9-6-10(2)13(11(3)7-9)12-8-14-4-5-15(12)16/h4-8H,1-3H3. The summed E-state index contributed by atoms with van der Waals surface area (Å²) in [6.45, 7) is 6.09. The lowest BCUT2D eigenvalue weighted by molar-refractivity contribution is -0.594. The summed E-state index contributed by atoms with van der Waals surface area (Å²) in [5.41, 5.74) is 5.01. The van der Waals surface area contributed by atoms with Gasteiger partial charge in [-0.1, -0.05) is 17.7 Å². The Morgan fingerprint density at radius 1 is 1.12 bits per heavy atom. The van der Waals surface area contributed by atoms with E-state index >= 15 is 0 Å². The van der Waals surface area contributed by atoms with Gasteiger partial charge in [0, 0.05) is 0 Å². The van der Waals surface area contributed by atoms with Crippen molar-refractivity contribution in [1.82, 2.24) is 4.98 Å². The van der Waals surface area contributed by atoms with E-state index in [0.717, 1.165) is 21.4 Å². The van der Waals surface area contributed by atoms with Gasteiger partial charge >= 0.3 is 0 Å². The van der Waals surface area contributed by atoms with E-state index in [1.54, 1.807) is 6.20 Å². The highest BCUT2D eigenvalue weighted by Gasteiger charge is 2.14. The third-order valence-corrected chi connectivity index (χ3v) is 2.66. The lowest BCUT2D eigenvalue weighted by atomic mass is 9.97. The molecule has 0 aliphatic carbocycles. The largest absolute Gasteiger partial charge is 0.618 e. The molecule has 1 aromatic carbocycles. The SMILES string of the molecule is Cc1cc(C)c(-c2cncc[n+]2[O-])c(C)c1. The van der Waals surface area contributed by atoms with E-state index in [1.165, 1.54) is 18.0 Å². The monoisotopic (exact) mass is 214 g/mol. The average molecular weight is 214 g/mol. The number of aryl methyl sites for hydroxylation is 3. The van der Waals surface area contributed by atoms with Crippen molar-refractivity contribution in [2.24, 2.45) is 0 Å². The molecule has 0 bridgehead atoms. The van der Waals surface area contributed by atoms with E-state index in [0.29, 0.717) is 5.69 Å². The first kappa shape index (κ1) is 10.6. The Morgan fingerprint density at radius 2 is 1.75 bits per heavy atom. The van der Waals surface area contributed by atoms with Gasteiger partial charge in [0.1, 0.15) is 6.20 Å². The Balaban J connectivity index is 2.70. The van der Waals surface area contributed by atoms with Crippen molar-refractivity contribution in [3.63, 3.8) is 0 Å². The first-order valence-corrected chi connectivity index (χ1v) is 5.21. The molecule has 0 N–H and O–H groups in total. The Kier molecular flexibility index (Phi) is 2.60. The number of hydrogen-bond acceptors (Lipinski definition) is 2. The molecule has 0 saturated carbocycles. The number of aromatic nitrogens is 2. The van der Waals surface area contributed by atoms with Crippen LogP contribution in [0.15, 0.2) is 30.7 Å². The van der Waals surface area contributed by atoms with E-state index in [4.69, 9.17) is 0 Å². The summed E-state index contributed by atoms with van der Waals surface area (Å²) in [6, 6.07) is 4.16. The van der Waals surface area contributed by atoms with Crippen LogP contribution in [0.2, 0.25) is 0 Å². The zero-order valence-electron chi connectivity index (χ0n) is 9.69. The van der Waals surface area contributed by atoms with Crippen LogP contribution in [0.3, 0.4) is 0 Å². The van der Waals surface area contributed by atoms with Gasteiger partial charge in [-0.25, -0.2) is 0 Å². The third-order valence-electron chi connectivity index (χ3n) is 2.66. The van der Waals surface area contributed by atoms with E-state index in [1.807, 2.05) is 13.8 Å². The summed E-state index contributed by atoms with van der Waals surface area (Å²) in [4.78, 5) is 4.01. The molecule has 1 heterocycles. The predicted molar refractivity (Wildman–Crippen MR) is 62.8 cm³/mol. The average Bonchev–Trinajstić information content (AvgIpc) is 2.19. The normalized spacial score (nSPS) is 10.4. The van der Waals surface area contributed by atoms with Gasteiger partial charge in [-0.2, -0.15) is 4.73 Å². The molecule has 0 saturated heterocycles. The highest BCUT2D eigenvalue weighted by molar-refractivity contribution is 5.65. The second-order valence-electron chi connectivity index (χ2n) is 4.06. The Labute approximate surface area is 95.0 Å². The molecule has 0 amide bonds. The maximum absolute atomic E-state index is 11.7. The molecular formula is C13H14N2O. The van der Waals surface area contributed by atoms with Gasteiger partial charge in [-0.3, -0.25) is 4.98 Å². The molecule has 2 aromatic rings. The van der Waals surface area contributed by atoms with E-state index in [2.05, 4.69) is 24.0 Å². The summed E-state index contributed by atoms with van der Waals surface area (Å²) in [7, 11) is 0. The quantitative estimate of drug-likeness (QED) is 0.540. The number of rotatable bonds is 1. The first-order valence-electron chi connectivity index (χ1n) is 5.21. The molecule has 0 unspecified atom stereocenters. The van der Waals surface area contributed by atoms with Crippen LogP contribution in [-0.2, 0) is 0 Å². The van der Waals surface area contributed by atoms with Crippen LogP contribution in [0.4, 0.5) is 0 Å². The zero-order chi connectivity index (χ0) is 11.7.